The molecule has 3 saturated carbocycles. The van der Waals surface area contributed by atoms with Crippen LogP contribution in [0.2, 0.25) is 0 Å². The maximum atomic E-state index is 12.5. The van der Waals surface area contributed by atoms with Gasteiger partial charge in [-0.25, -0.2) is 0 Å². The topological polar surface area (TPSA) is 47.6 Å². The Labute approximate surface area is 121 Å². The summed E-state index contributed by atoms with van der Waals surface area (Å²) >= 11 is 0. The maximum absolute atomic E-state index is 12.5. The van der Waals surface area contributed by atoms with E-state index in [1.807, 2.05) is 6.92 Å². The average molecular weight is 281 g/mol. The summed E-state index contributed by atoms with van der Waals surface area (Å²) in [6, 6.07) is 0.516. The molecule has 0 saturated heterocycles. The Kier molecular flexibility index (Phi) is 4.32. The van der Waals surface area contributed by atoms with Gasteiger partial charge in [0.1, 0.15) is 5.54 Å². The highest BCUT2D eigenvalue weighted by Crippen LogP contribution is 2.37. The van der Waals surface area contributed by atoms with Gasteiger partial charge in [-0.05, 0) is 58.3 Å². The fourth-order valence-corrected chi connectivity index (χ4v) is 3.38. The molecule has 0 radical (unpaired) electrons. The third-order valence-electron chi connectivity index (χ3n) is 4.87. The van der Waals surface area contributed by atoms with Gasteiger partial charge in [-0.2, -0.15) is 0 Å². The van der Waals surface area contributed by atoms with E-state index < -0.39 is 5.54 Å². The minimum atomic E-state index is -0.482. The predicted octanol–water partition coefficient (Wildman–Crippen LogP) is 2.55. The van der Waals surface area contributed by atoms with Crippen LogP contribution in [0, 0.1) is 0 Å². The number of carbonyl (C=O) groups is 1. The molecule has 0 amide bonds. The summed E-state index contributed by atoms with van der Waals surface area (Å²) in [5.41, 5.74) is -0.482. The third-order valence-corrected chi connectivity index (χ3v) is 4.87. The van der Waals surface area contributed by atoms with Crippen molar-refractivity contribution in [1.29, 1.82) is 0 Å². The Morgan fingerprint density at radius 2 is 1.90 bits per heavy atom. The van der Waals surface area contributed by atoms with Crippen molar-refractivity contribution in [1.82, 2.24) is 5.32 Å². The Morgan fingerprint density at radius 1 is 1.15 bits per heavy atom. The van der Waals surface area contributed by atoms with Gasteiger partial charge >= 0.3 is 5.97 Å². The van der Waals surface area contributed by atoms with Crippen molar-refractivity contribution in [3.8, 4) is 0 Å². The van der Waals surface area contributed by atoms with Crippen LogP contribution in [-0.4, -0.2) is 36.4 Å². The lowest BCUT2D eigenvalue weighted by atomic mass is 9.79. The standard InChI is InChI=1S/C16H27NO3/c1-2-19-15(18)16(17-12-8-9-12)10-4-7-14(11-16)20-13-5-3-6-13/h12-14,17H,2-11H2,1H3. The largest absolute Gasteiger partial charge is 0.465 e. The van der Waals surface area contributed by atoms with E-state index in [0.29, 0.717) is 18.8 Å². The summed E-state index contributed by atoms with van der Waals surface area (Å²) in [5, 5.41) is 3.58. The van der Waals surface area contributed by atoms with Crippen LogP contribution >= 0.6 is 0 Å². The second-order valence-corrected chi connectivity index (χ2v) is 6.63. The second kappa shape index (κ2) is 6.02. The first-order valence-electron chi connectivity index (χ1n) is 8.32. The molecule has 3 aliphatic rings. The van der Waals surface area contributed by atoms with Crippen LogP contribution in [0.3, 0.4) is 0 Å². The number of hydrogen-bond acceptors (Lipinski definition) is 4. The number of nitrogens with one attached hydrogen (secondary N) is 1. The van der Waals surface area contributed by atoms with E-state index in [9.17, 15) is 4.79 Å². The molecule has 3 rings (SSSR count). The van der Waals surface area contributed by atoms with Crippen LogP contribution in [0.1, 0.15) is 64.7 Å². The maximum Gasteiger partial charge on any atom is 0.326 e. The van der Waals surface area contributed by atoms with E-state index in [1.165, 1.54) is 32.1 Å². The van der Waals surface area contributed by atoms with E-state index >= 15 is 0 Å². The number of rotatable bonds is 6. The quantitative estimate of drug-likeness (QED) is 0.760. The van der Waals surface area contributed by atoms with Crippen molar-refractivity contribution in [2.24, 2.45) is 0 Å². The zero-order chi connectivity index (χ0) is 14.0. The minimum Gasteiger partial charge on any atom is -0.465 e. The average Bonchev–Trinajstić information content (AvgIpc) is 3.18. The van der Waals surface area contributed by atoms with E-state index in [2.05, 4.69) is 5.32 Å². The Hall–Kier alpha value is -0.610. The molecule has 114 valence electrons. The SMILES string of the molecule is CCOC(=O)C1(NC2CC2)CCCC(OC2CCC2)C1. The van der Waals surface area contributed by atoms with Gasteiger partial charge in [-0.1, -0.05) is 0 Å². The molecule has 3 fully saturated rings. The van der Waals surface area contributed by atoms with Gasteiger partial charge in [0, 0.05) is 12.5 Å². The third kappa shape index (κ3) is 3.17. The Morgan fingerprint density at radius 3 is 2.50 bits per heavy atom. The number of esters is 1. The van der Waals surface area contributed by atoms with Crippen LogP contribution < -0.4 is 5.32 Å². The van der Waals surface area contributed by atoms with Crippen LogP contribution in [0.5, 0.6) is 0 Å². The van der Waals surface area contributed by atoms with Crippen LogP contribution in [-0.2, 0) is 14.3 Å². The van der Waals surface area contributed by atoms with Gasteiger partial charge in [0.25, 0.3) is 0 Å². The van der Waals surface area contributed by atoms with E-state index in [4.69, 9.17) is 9.47 Å². The van der Waals surface area contributed by atoms with Gasteiger partial charge < -0.3 is 9.47 Å². The lowest BCUT2D eigenvalue weighted by Gasteiger charge is -2.41. The van der Waals surface area contributed by atoms with Crippen LogP contribution in [0.25, 0.3) is 0 Å². The fourth-order valence-electron chi connectivity index (χ4n) is 3.38. The highest BCUT2D eigenvalue weighted by Gasteiger charge is 2.47. The molecule has 0 aliphatic heterocycles. The van der Waals surface area contributed by atoms with Crippen molar-refractivity contribution >= 4 is 5.97 Å². The van der Waals surface area contributed by atoms with Crippen molar-refractivity contribution < 1.29 is 14.3 Å². The molecule has 0 aromatic carbocycles. The summed E-state index contributed by atoms with van der Waals surface area (Å²) < 4.78 is 11.5. The van der Waals surface area contributed by atoms with E-state index in [1.54, 1.807) is 0 Å². The van der Waals surface area contributed by atoms with Crippen molar-refractivity contribution in [2.45, 2.75) is 88.5 Å². The minimum absolute atomic E-state index is 0.0613. The van der Waals surface area contributed by atoms with Gasteiger partial charge in [-0.15, -0.1) is 0 Å². The first-order chi connectivity index (χ1) is 9.72. The highest BCUT2D eigenvalue weighted by molar-refractivity contribution is 5.81. The summed E-state index contributed by atoms with van der Waals surface area (Å²) in [6.45, 7) is 2.34. The first-order valence-corrected chi connectivity index (χ1v) is 8.32. The summed E-state index contributed by atoms with van der Waals surface area (Å²) in [4.78, 5) is 12.5. The second-order valence-electron chi connectivity index (χ2n) is 6.63. The lowest BCUT2D eigenvalue weighted by Crippen LogP contribution is -2.58. The molecule has 0 bridgehead atoms. The summed E-state index contributed by atoms with van der Waals surface area (Å²) in [5.74, 6) is -0.0613. The van der Waals surface area contributed by atoms with Gasteiger partial charge in [0.05, 0.1) is 18.8 Å². The monoisotopic (exact) mass is 281 g/mol. The zero-order valence-electron chi connectivity index (χ0n) is 12.5. The van der Waals surface area contributed by atoms with Gasteiger partial charge in [-0.3, -0.25) is 10.1 Å². The van der Waals surface area contributed by atoms with E-state index in [0.717, 1.165) is 25.7 Å². The molecule has 0 aromatic heterocycles. The van der Waals surface area contributed by atoms with Crippen LogP contribution in [0.15, 0.2) is 0 Å². The van der Waals surface area contributed by atoms with Crippen molar-refractivity contribution in [2.75, 3.05) is 6.61 Å². The molecule has 3 aliphatic carbocycles. The zero-order valence-corrected chi connectivity index (χ0v) is 12.5. The molecule has 1 N–H and O–H groups in total. The smallest absolute Gasteiger partial charge is 0.326 e. The Balaban J connectivity index is 1.64. The van der Waals surface area contributed by atoms with E-state index in [-0.39, 0.29) is 12.1 Å². The number of carbonyl (C=O) groups excluding carboxylic acids is 1. The van der Waals surface area contributed by atoms with Crippen molar-refractivity contribution in [3.63, 3.8) is 0 Å². The lowest BCUT2D eigenvalue weighted by molar-refractivity contribution is -0.158. The molecular weight excluding hydrogens is 254 g/mol. The number of hydrogen-bond donors (Lipinski definition) is 1. The Bertz CT molecular complexity index is 352. The number of ether oxygens (including phenoxy) is 2. The molecule has 0 heterocycles. The normalized spacial score (nSPS) is 34.5. The molecule has 0 spiro atoms. The van der Waals surface area contributed by atoms with Crippen LogP contribution in [0.4, 0.5) is 0 Å². The van der Waals surface area contributed by atoms with Crippen molar-refractivity contribution in [3.05, 3.63) is 0 Å². The first kappa shape index (κ1) is 14.3. The molecule has 0 aromatic rings. The molecular formula is C16H27NO3. The molecule has 4 nitrogen and oxygen atoms in total. The summed E-state index contributed by atoms with van der Waals surface area (Å²) in [7, 11) is 0. The fraction of sp³-hybridized carbons (Fsp3) is 0.938. The van der Waals surface area contributed by atoms with Gasteiger partial charge in [0.15, 0.2) is 0 Å². The molecule has 20 heavy (non-hydrogen) atoms. The predicted molar refractivity (Wildman–Crippen MR) is 76.5 cm³/mol. The molecule has 2 unspecified atom stereocenters. The van der Waals surface area contributed by atoms with Gasteiger partial charge in [0.2, 0.25) is 0 Å². The summed E-state index contributed by atoms with van der Waals surface area (Å²) in [6.07, 6.45) is 10.6. The molecule has 4 heteroatoms. The molecule has 2 atom stereocenters. The highest BCUT2D eigenvalue weighted by atomic mass is 16.5.